The second kappa shape index (κ2) is 6.67. The van der Waals surface area contributed by atoms with Gasteiger partial charge in [-0.25, -0.2) is 23.1 Å². The zero-order chi connectivity index (χ0) is 19.1. The van der Waals surface area contributed by atoms with Gasteiger partial charge >= 0.3 is 5.69 Å². The number of hydrogen-bond donors (Lipinski definition) is 0. The molecule has 0 saturated carbocycles. The van der Waals surface area contributed by atoms with Crippen molar-refractivity contribution >= 4 is 22.9 Å². The predicted octanol–water partition coefficient (Wildman–Crippen LogP) is 2.94. The number of benzene rings is 1. The number of para-hydroxylation sites is 1. The van der Waals surface area contributed by atoms with Crippen molar-refractivity contribution in [2.45, 2.75) is 6.54 Å². The van der Waals surface area contributed by atoms with Crippen LogP contribution in [0.4, 0.5) is 8.78 Å². The molecule has 0 N–H and O–H groups in total. The fourth-order valence-electron chi connectivity index (χ4n) is 2.73. The van der Waals surface area contributed by atoms with Crippen LogP contribution in [0.3, 0.4) is 0 Å². The highest BCUT2D eigenvalue weighted by atomic mass is 35.5. The van der Waals surface area contributed by atoms with Gasteiger partial charge in [0.15, 0.2) is 10.3 Å². The number of aromatic nitrogens is 4. The van der Waals surface area contributed by atoms with Crippen molar-refractivity contribution in [3.05, 3.63) is 84.5 Å². The van der Waals surface area contributed by atoms with Gasteiger partial charge in [-0.15, -0.1) is 11.3 Å². The first-order chi connectivity index (χ1) is 13.0. The summed E-state index contributed by atoms with van der Waals surface area (Å²) in [6.45, 7) is 0.283. The monoisotopic (exact) mass is 406 g/mol. The van der Waals surface area contributed by atoms with Crippen LogP contribution in [0.25, 0.3) is 17.1 Å². The van der Waals surface area contributed by atoms with E-state index in [1.165, 1.54) is 17.4 Å². The number of halogens is 3. The summed E-state index contributed by atoms with van der Waals surface area (Å²) in [5.41, 5.74) is -2.62. The van der Waals surface area contributed by atoms with Crippen LogP contribution >= 0.6 is 22.9 Å². The van der Waals surface area contributed by atoms with Crippen molar-refractivity contribution in [3.8, 4) is 17.1 Å². The Morgan fingerprint density at radius 2 is 1.85 bits per heavy atom. The molecule has 1 aromatic carbocycles. The molecule has 4 rings (SSSR count). The Morgan fingerprint density at radius 1 is 1.11 bits per heavy atom. The van der Waals surface area contributed by atoms with Crippen LogP contribution in [-0.4, -0.2) is 19.1 Å². The van der Waals surface area contributed by atoms with Crippen LogP contribution < -0.4 is 11.2 Å². The number of hydrogen-bond acceptors (Lipinski definition) is 5. The maximum Gasteiger partial charge on any atom is 0.357 e. The first-order valence-electron chi connectivity index (χ1n) is 7.62. The van der Waals surface area contributed by atoms with Gasteiger partial charge in [0.2, 0.25) is 0 Å². The molecule has 0 aliphatic carbocycles. The third kappa shape index (κ3) is 3.04. The van der Waals surface area contributed by atoms with Gasteiger partial charge in [-0.3, -0.25) is 4.79 Å². The Labute approximate surface area is 159 Å². The van der Waals surface area contributed by atoms with E-state index >= 15 is 0 Å². The van der Waals surface area contributed by atoms with E-state index in [0.29, 0.717) is 9.03 Å². The third-order valence-corrected chi connectivity index (χ3v) is 4.98. The molecule has 27 heavy (non-hydrogen) atoms. The lowest BCUT2D eigenvalue weighted by atomic mass is 10.2. The van der Waals surface area contributed by atoms with E-state index in [1.54, 1.807) is 23.0 Å². The number of nitrogens with zero attached hydrogens (tertiary/aromatic N) is 4. The minimum Gasteiger partial charge on any atom is -0.327 e. The normalized spacial score (nSPS) is 11.2. The molecule has 1 aromatic heterocycles. The Morgan fingerprint density at radius 3 is 2.52 bits per heavy atom. The average Bonchev–Trinajstić information content (AvgIpc) is 3.03. The number of rotatable bonds is 3. The van der Waals surface area contributed by atoms with E-state index in [1.807, 2.05) is 0 Å². The SMILES string of the molecule is O=c1nc2n(Cc3cnc(Cl)s3)cccc-2c(=O)n1-c1c(F)cccc1F. The van der Waals surface area contributed by atoms with Crippen molar-refractivity contribution in [1.82, 2.24) is 19.1 Å². The van der Waals surface area contributed by atoms with Gasteiger partial charge in [-0.05, 0) is 24.3 Å². The zero-order valence-corrected chi connectivity index (χ0v) is 15.0. The Hall–Kier alpha value is -2.91. The topological polar surface area (TPSA) is 69.8 Å². The summed E-state index contributed by atoms with van der Waals surface area (Å²) in [5.74, 6) is -1.96. The minimum atomic E-state index is -1.07. The molecule has 0 atom stereocenters. The maximum absolute atomic E-state index is 14.1. The lowest BCUT2D eigenvalue weighted by molar-refractivity contribution is 0.561. The van der Waals surface area contributed by atoms with Crippen LogP contribution in [0.5, 0.6) is 0 Å². The van der Waals surface area contributed by atoms with Crippen molar-refractivity contribution < 1.29 is 8.78 Å². The van der Waals surface area contributed by atoms with E-state index in [2.05, 4.69) is 9.97 Å². The average molecular weight is 407 g/mol. The number of fused-ring (bicyclic) bond motifs is 1. The highest BCUT2D eigenvalue weighted by Crippen LogP contribution is 2.22. The van der Waals surface area contributed by atoms with Crippen molar-refractivity contribution in [3.63, 3.8) is 0 Å². The molecule has 0 unspecified atom stereocenters. The van der Waals surface area contributed by atoms with Crippen LogP contribution in [0.2, 0.25) is 4.47 Å². The van der Waals surface area contributed by atoms with Crippen LogP contribution in [-0.2, 0) is 6.54 Å². The van der Waals surface area contributed by atoms with E-state index in [0.717, 1.165) is 23.1 Å². The summed E-state index contributed by atoms with van der Waals surface area (Å²) in [5, 5.41) is 0. The molecule has 0 saturated heterocycles. The quantitative estimate of drug-likeness (QED) is 0.524. The van der Waals surface area contributed by atoms with Crippen molar-refractivity contribution in [2.24, 2.45) is 0 Å². The molecule has 10 heteroatoms. The number of thiazole rings is 1. The maximum atomic E-state index is 14.1. The van der Waals surface area contributed by atoms with Gasteiger partial charge in [0.1, 0.15) is 17.3 Å². The van der Waals surface area contributed by atoms with Gasteiger partial charge < -0.3 is 4.57 Å². The molecule has 6 nitrogen and oxygen atoms in total. The van der Waals surface area contributed by atoms with Gasteiger partial charge in [-0.1, -0.05) is 17.7 Å². The highest BCUT2D eigenvalue weighted by Gasteiger charge is 2.22. The van der Waals surface area contributed by atoms with Crippen LogP contribution in [0, 0.1) is 11.6 Å². The van der Waals surface area contributed by atoms with Gasteiger partial charge in [0.25, 0.3) is 5.56 Å². The summed E-state index contributed by atoms with van der Waals surface area (Å²) in [4.78, 5) is 33.9. The smallest absolute Gasteiger partial charge is 0.327 e. The molecule has 0 fully saturated rings. The first-order valence-corrected chi connectivity index (χ1v) is 8.82. The lowest BCUT2D eigenvalue weighted by Crippen LogP contribution is -2.37. The first kappa shape index (κ1) is 17.5. The molecule has 2 aromatic rings. The fraction of sp³-hybridized carbons (Fsp3) is 0.0588. The van der Waals surface area contributed by atoms with Gasteiger partial charge in [0, 0.05) is 17.3 Å². The molecule has 2 aliphatic heterocycles. The highest BCUT2D eigenvalue weighted by molar-refractivity contribution is 7.15. The van der Waals surface area contributed by atoms with E-state index < -0.39 is 28.6 Å². The largest absolute Gasteiger partial charge is 0.357 e. The van der Waals surface area contributed by atoms with E-state index in [-0.39, 0.29) is 17.9 Å². The predicted molar refractivity (Wildman–Crippen MR) is 96.9 cm³/mol. The van der Waals surface area contributed by atoms with E-state index in [4.69, 9.17) is 11.6 Å². The fourth-order valence-corrected chi connectivity index (χ4v) is 3.71. The molecule has 0 amide bonds. The lowest BCUT2D eigenvalue weighted by Gasteiger charge is -2.15. The van der Waals surface area contributed by atoms with Crippen LogP contribution in [0.15, 0.2) is 52.3 Å². The Kier molecular flexibility index (Phi) is 4.33. The summed E-state index contributed by atoms with van der Waals surface area (Å²) < 4.78 is 30.5. The standard InChI is InChI=1S/C17H9ClF2N4O2S/c18-16-21-7-9(27-16)8-23-6-2-3-10-14(23)22-17(26)24(15(10)25)13-11(19)4-1-5-12(13)20/h1-7H,8H2. The number of pyridine rings is 1. The molecule has 136 valence electrons. The third-order valence-electron chi connectivity index (χ3n) is 3.88. The summed E-state index contributed by atoms with van der Waals surface area (Å²) >= 11 is 7.07. The molecule has 0 bridgehead atoms. The molecule has 3 heterocycles. The Balaban J connectivity index is 1.94. The second-order valence-corrected chi connectivity index (χ2v) is 7.26. The zero-order valence-electron chi connectivity index (χ0n) is 13.4. The van der Waals surface area contributed by atoms with Gasteiger partial charge in [0.05, 0.1) is 12.1 Å². The van der Waals surface area contributed by atoms with Crippen LogP contribution in [0.1, 0.15) is 4.88 Å². The minimum absolute atomic E-state index is 0.0513. The van der Waals surface area contributed by atoms with Gasteiger partial charge in [-0.2, -0.15) is 4.98 Å². The molecule has 0 radical (unpaired) electrons. The molecular formula is C17H9ClF2N4O2S. The second-order valence-electron chi connectivity index (χ2n) is 5.56. The van der Waals surface area contributed by atoms with E-state index in [9.17, 15) is 18.4 Å². The molecule has 0 spiro atoms. The summed E-state index contributed by atoms with van der Waals surface area (Å²) in [6, 6.07) is 6.10. The molecular weight excluding hydrogens is 398 g/mol. The van der Waals surface area contributed by atoms with Crippen molar-refractivity contribution in [2.75, 3.05) is 0 Å². The van der Waals surface area contributed by atoms with Crippen molar-refractivity contribution in [1.29, 1.82) is 0 Å². The summed E-state index contributed by atoms with van der Waals surface area (Å²) in [6.07, 6.45) is 3.21. The summed E-state index contributed by atoms with van der Waals surface area (Å²) in [7, 11) is 0. The Bertz CT molecular complexity index is 1230. The molecule has 2 aliphatic rings.